The Morgan fingerprint density at radius 2 is 1.72 bits per heavy atom. The quantitative estimate of drug-likeness (QED) is 0.792. The number of aryl methyl sites for hydroxylation is 1. The molecule has 0 unspecified atom stereocenters. The summed E-state index contributed by atoms with van der Waals surface area (Å²) in [4.78, 5) is 35.2. The van der Waals surface area contributed by atoms with Gasteiger partial charge in [0.15, 0.2) is 0 Å². The van der Waals surface area contributed by atoms with Gasteiger partial charge >= 0.3 is 0 Å². The number of rotatable bonds is 3. The number of aromatic nitrogens is 1. The maximum Gasteiger partial charge on any atom is 0.255 e. The Labute approximate surface area is 148 Å². The van der Waals surface area contributed by atoms with Gasteiger partial charge in [-0.25, -0.2) is 0 Å². The topological polar surface area (TPSA) is 66.0 Å². The molecule has 0 aromatic carbocycles. The summed E-state index contributed by atoms with van der Waals surface area (Å²) in [6.07, 6.45) is 1.63. The molecule has 0 saturated carbocycles. The molecule has 2 saturated heterocycles. The Kier molecular flexibility index (Phi) is 5.65. The Balaban J connectivity index is 1.53. The number of morpholine rings is 1. The number of ether oxygens (including phenoxy) is 1. The molecule has 2 aliphatic rings. The van der Waals surface area contributed by atoms with Crippen molar-refractivity contribution in [1.29, 1.82) is 0 Å². The number of carbonyl (C=O) groups is 2. The molecule has 7 nitrogen and oxygen atoms in total. The SMILES string of the molecule is Cc1ccc(C(=O)N2CCN([C@H](C)C(=O)N3CCOCC3)CC2)cn1. The molecule has 0 radical (unpaired) electrons. The molecule has 25 heavy (non-hydrogen) atoms. The monoisotopic (exact) mass is 346 g/mol. The molecule has 1 atom stereocenters. The minimum atomic E-state index is -0.156. The van der Waals surface area contributed by atoms with Crippen LogP contribution >= 0.6 is 0 Å². The van der Waals surface area contributed by atoms with E-state index in [2.05, 4.69) is 9.88 Å². The molecule has 136 valence electrons. The van der Waals surface area contributed by atoms with Crippen LogP contribution in [0.25, 0.3) is 0 Å². The average Bonchev–Trinajstić information content (AvgIpc) is 2.67. The van der Waals surface area contributed by atoms with E-state index in [1.165, 1.54) is 0 Å². The molecule has 7 heteroatoms. The molecule has 1 aromatic rings. The lowest BCUT2D eigenvalue weighted by molar-refractivity contribution is -0.141. The molecule has 0 bridgehead atoms. The van der Waals surface area contributed by atoms with Crippen LogP contribution in [0.4, 0.5) is 0 Å². The van der Waals surface area contributed by atoms with Crippen LogP contribution < -0.4 is 0 Å². The predicted molar refractivity (Wildman–Crippen MR) is 93.3 cm³/mol. The van der Waals surface area contributed by atoms with E-state index >= 15 is 0 Å². The predicted octanol–water partition coefficient (Wildman–Crippen LogP) is 0.395. The molecule has 1 aromatic heterocycles. The summed E-state index contributed by atoms with van der Waals surface area (Å²) in [6.45, 7) is 9.12. The second kappa shape index (κ2) is 7.93. The number of carbonyl (C=O) groups excluding carboxylic acids is 2. The molecular formula is C18H26N4O3. The first-order valence-corrected chi connectivity index (χ1v) is 8.89. The van der Waals surface area contributed by atoms with Crippen molar-refractivity contribution in [3.05, 3.63) is 29.6 Å². The Morgan fingerprint density at radius 1 is 1.04 bits per heavy atom. The second-order valence-electron chi connectivity index (χ2n) is 6.63. The van der Waals surface area contributed by atoms with Gasteiger partial charge in [-0.05, 0) is 26.0 Å². The largest absolute Gasteiger partial charge is 0.378 e. The first-order chi connectivity index (χ1) is 12.1. The molecule has 2 fully saturated rings. The van der Waals surface area contributed by atoms with E-state index in [0.717, 1.165) is 5.69 Å². The van der Waals surface area contributed by atoms with E-state index in [1.807, 2.05) is 35.8 Å². The highest BCUT2D eigenvalue weighted by Gasteiger charge is 2.30. The molecule has 0 spiro atoms. The number of nitrogens with zero attached hydrogens (tertiary/aromatic N) is 4. The molecule has 3 rings (SSSR count). The second-order valence-corrected chi connectivity index (χ2v) is 6.63. The van der Waals surface area contributed by atoms with E-state index in [0.29, 0.717) is 58.0 Å². The molecular weight excluding hydrogens is 320 g/mol. The zero-order valence-corrected chi connectivity index (χ0v) is 15.0. The van der Waals surface area contributed by atoms with Gasteiger partial charge in [-0.15, -0.1) is 0 Å². The van der Waals surface area contributed by atoms with Crippen molar-refractivity contribution in [2.45, 2.75) is 19.9 Å². The van der Waals surface area contributed by atoms with Crippen LogP contribution in [0.5, 0.6) is 0 Å². The van der Waals surface area contributed by atoms with Crippen LogP contribution in [0.1, 0.15) is 23.0 Å². The minimum Gasteiger partial charge on any atom is -0.378 e. The van der Waals surface area contributed by atoms with Crippen molar-refractivity contribution < 1.29 is 14.3 Å². The maximum absolute atomic E-state index is 12.6. The van der Waals surface area contributed by atoms with E-state index in [-0.39, 0.29) is 17.9 Å². The summed E-state index contributed by atoms with van der Waals surface area (Å²) in [5.41, 5.74) is 1.52. The summed E-state index contributed by atoms with van der Waals surface area (Å²) >= 11 is 0. The average molecular weight is 346 g/mol. The molecule has 2 amide bonds. The summed E-state index contributed by atoms with van der Waals surface area (Å²) in [5, 5.41) is 0. The third kappa shape index (κ3) is 4.16. The fraction of sp³-hybridized carbons (Fsp3) is 0.611. The van der Waals surface area contributed by atoms with Gasteiger partial charge in [-0.1, -0.05) is 0 Å². The van der Waals surface area contributed by atoms with Gasteiger partial charge in [-0.2, -0.15) is 0 Å². The third-order valence-electron chi connectivity index (χ3n) is 4.99. The van der Waals surface area contributed by atoms with Gasteiger partial charge < -0.3 is 14.5 Å². The number of piperazine rings is 1. The highest BCUT2D eigenvalue weighted by atomic mass is 16.5. The lowest BCUT2D eigenvalue weighted by atomic mass is 10.1. The minimum absolute atomic E-state index is 0.0132. The molecule has 2 aliphatic heterocycles. The first-order valence-electron chi connectivity index (χ1n) is 8.89. The number of amides is 2. The van der Waals surface area contributed by atoms with Crippen molar-refractivity contribution in [3.63, 3.8) is 0 Å². The van der Waals surface area contributed by atoms with Crippen LogP contribution in [-0.4, -0.2) is 90.0 Å². The van der Waals surface area contributed by atoms with Crippen molar-refractivity contribution in [3.8, 4) is 0 Å². The summed E-state index contributed by atoms with van der Waals surface area (Å²) < 4.78 is 5.31. The normalized spacial score (nSPS) is 20.4. The van der Waals surface area contributed by atoms with Crippen molar-refractivity contribution in [2.75, 3.05) is 52.5 Å². The van der Waals surface area contributed by atoms with E-state index < -0.39 is 0 Å². The van der Waals surface area contributed by atoms with Gasteiger partial charge in [0, 0.05) is 51.2 Å². The van der Waals surface area contributed by atoms with Gasteiger partial charge in [0.05, 0.1) is 24.8 Å². The summed E-state index contributed by atoms with van der Waals surface area (Å²) in [5.74, 6) is 0.171. The van der Waals surface area contributed by atoms with Crippen LogP contribution in [0.2, 0.25) is 0 Å². The molecule has 0 N–H and O–H groups in total. The van der Waals surface area contributed by atoms with Crippen LogP contribution in [0.3, 0.4) is 0 Å². The summed E-state index contributed by atoms with van der Waals surface area (Å²) in [7, 11) is 0. The van der Waals surface area contributed by atoms with Crippen LogP contribution in [0.15, 0.2) is 18.3 Å². The van der Waals surface area contributed by atoms with Crippen LogP contribution in [0, 0.1) is 6.92 Å². The first kappa shape index (κ1) is 17.8. The Morgan fingerprint density at radius 3 is 2.32 bits per heavy atom. The zero-order chi connectivity index (χ0) is 17.8. The number of hydrogen-bond donors (Lipinski definition) is 0. The standard InChI is InChI=1S/C18H26N4O3/c1-14-3-4-16(13-19-14)18(24)21-7-5-20(6-8-21)15(2)17(23)22-9-11-25-12-10-22/h3-4,13,15H,5-12H2,1-2H3/t15-/m1/s1. The lowest BCUT2D eigenvalue weighted by Crippen LogP contribution is -2.56. The fourth-order valence-corrected chi connectivity index (χ4v) is 3.29. The smallest absolute Gasteiger partial charge is 0.255 e. The van der Waals surface area contributed by atoms with E-state index in [9.17, 15) is 9.59 Å². The number of hydrogen-bond acceptors (Lipinski definition) is 5. The number of pyridine rings is 1. The lowest BCUT2D eigenvalue weighted by Gasteiger charge is -2.39. The molecule has 0 aliphatic carbocycles. The fourth-order valence-electron chi connectivity index (χ4n) is 3.29. The van der Waals surface area contributed by atoms with Crippen molar-refractivity contribution >= 4 is 11.8 Å². The van der Waals surface area contributed by atoms with E-state index in [1.54, 1.807) is 6.20 Å². The highest BCUT2D eigenvalue weighted by Crippen LogP contribution is 2.13. The summed E-state index contributed by atoms with van der Waals surface area (Å²) in [6, 6.07) is 3.52. The highest BCUT2D eigenvalue weighted by molar-refractivity contribution is 5.94. The Bertz CT molecular complexity index is 605. The Hall–Kier alpha value is -1.99. The zero-order valence-electron chi connectivity index (χ0n) is 15.0. The van der Waals surface area contributed by atoms with Crippen LogP contribution in [-0.2, 0) is 9.53 Å². The van der Waals surface area contributed by atoms with Gasteiger partial charge in [-0.3, -0.25) is 19.5 Å². The van der Waals surface area contributed by atoms with Gasteiger partial charge in [0.25, 0.3) is 5.91 Å². The van der Waals surface area contributed by atoms with Gasteiger partial charge in [0.1, 0.15) is 0 Å². The van der Waals surface area contributed by atoms with Crippen molar-refractivity contribution in [2.24, 2.45) is 0 Å². The van der Waals surface area contributed by atoms with Crippen molar-refractivity contribution in [1.82, 2.24) is 19.7 Å². The van der Waals surface area contributed by atoms with E-state index in [4.69, 9.17) is 4.74 Å². The maximum atomic E-state index is 12.6. The van der Waals surface area contributed by atoms with Gasteiger partial charge in [0.2, 0.25) is 5.91 Å². The molecule has 3 heterocycles. The third-order valence-corrected chi connectivity index (χ3v) is 4.99.